The molecule has 0 saturated carbocycles. The summed E-state index contributed by atoms with van der Waals surface area (Å²) in [6.07, 6.45) is 0. The lowest BCUT2D eigenvalue weighted by Gasteiger charge is -2.21. The first-order valence-electron chi connectivity index (χ1n) is 6.89. The standard InChI is InChI=1S/C15H21N3O4/c1-9-6-7-11(8-12(9)18(21)22)17-13(19)10(2)16-14(20)15(3,4)5/h6-8,10H,1-5H3,(H,16,20)(H,17,19). The van der Waals surface area contributed by atoms with Crippen molar-refractivity contribution in [2.24, 2.45) is 5.41 Å². The number of amides is 2. The molecule has 0 aliphatic rings. The third-order valence-electron chi connectivity index (χ3n) is 3.10. The molecule has 0 spiro atoms. The summed E-state index contributed by atoms with van der Waals surface area (Å²) in [5.74, 6) is -0.680. The van der Waals surface area contributed by atoms with Crippen molar-refractivity contribution in [1.82, 2.24) is 5.32 Å². The molecule has 0 aromatic heterocycles. The lowest BCUT2D eigenvalue weighted by molar-refractivity contribution is -0.385. The second-order valence-electron chi connectivity index (χ2n) is 6.19. The van der Waals surface area contributed by atoms with E-state index in [0.29, 0.717) is 11.3 Å². The maximum Gasteiger partial charge on any atom is 0.274 e. The third-order valence-corrected chi connectivity index (χ3v) is 3.10. The molecule has 0 fully saturated rings. The highest BCUT2D eigenvalue weighted by molar-refractivity contribution is 5.97. The molecule has 1 aromatic carbocycles. The number of carbonyl (C=O) groups is 2. The molecule has 2 amide bonds. The molecule has 7 heteroatoms. The lowest BCUT2D eigenvalue weighted by Crippen LogP contribution is -2.46. The van der Waals surface area contributed by atoms with Gasteiger partial charge < -0.3 is 10.6 Å². The number of rotatable bonds is 4. The van der Waals surface area contributed by atoms with Gasteiger partial charge in [0, 0.05) is 22.7 Å². The summed E-state index contributed by atoms with van der Waals surface area (Å²) in [7, 11) is 0. The summed E-state index contributed by atoms with van der Waals surface area (Å²) in [4.78, 5) is 34.3. The van der Waals surface area contributed by atoms with E-state index >= 15 is 0 Å². The fourth-order valence-electron chi connectivity index (χ4n) is 1.61. The van der Waals surface area contributed by atoms with E-state index in [2.05, 4.69) is 10.6 Å². The molecule has 22 heavy (non-hydrogen) atoms. The van der Waals surface area contributed by atoms with Crippen LogP contribution in [-0.4, -0.2) is 22.8 Å². The second kappa shape index (κ2) is 6.55. The highest BCUT2D eigenvalue weighted by Crippen LogP contribution is 2.22. The van der Waals surface area contributed by atoms with Gasteiger partial charge in [0.25, 0.3) is 5.69 Å². The van der Waals surface area contributed by atoms with Crippen LogP contribution in [-0.2, 0) is 9.59 Å². The molecule has 7 nitrogen and oxygen atoms in total. The van der Waals surface area contributed by atoms with Crippen LogP contribution in [0.15, 0.2) is 18.2 Å². The summed E-state index contributed by atoms with van der Waals surface area (Å²) < 4.78 is 0. The van der Waals surface area contributed by atoms with Gasteiger partial charge >= 0.3 is 0 Å². The van der Waals surface area contributed by atoms with Gasteiger partial charge in [-0.15, -0.1) is 0 Å². The van der Waals surface area contributed by atoms with Crippen molar-refractivity contribution in [1.29, 1.82) is 0 Å². The Labute approximate surface area is 129 Å². The van der Waals surface area contributed by atoms with E-state index < -0.39 is 22.3 Å². The number of hydrogen-bond donors (Lipinski definition) is 2. The molecule has 1 atom stereocenters. The highest BCUT2D eigenvalue weighted by atomic mass is 16.6. The number of benzene rings is 1. The average molecular weight is 307 g/mol. The predicted molar refractivity (Wildman–Crippen MR) is 83.5 cm³/mol. The van der Waals surface area contributed by atoms with Gasteiger partial charge in [-0.05, 0) is 19.9 Å². The molecule has 0 heterocycles. The van der Waals surface area contributed by atoms with Crippen LogP contribution < -0.4 is 10.6 Å². The summed E-state index contributed by atoms with van der Waals surface area (Å²) >= 11 is 0. The molecule has 0 aliphatic carbocycles. The Morgan fingerprint density at radius 2 is 1.86 bits per heavy atom. The minimum atomic E-state index is -0.743. The van der Waals surface area contributed by atoms with Crippen molar-refractivity contribution in [3.63, 3.8) is 0 Å². The zero-order valence-electron chi connectivity index (χ0n) is 13.4. The van der Waals surface area contributed by atoms with Crippen molar-refractivity contribution in [3.8, 4) is 0 Å². The Kier molecular flexibility index (Phi) is 5.24. The van der Waals surface area contributed by atoms with Crippen molar-refractivity contribution >= 4 is 23.2 Å². The molecular weight excluding hydrogens is 286 g/mol. The van der Waals surface area contributed by atoms with E-state index in [1.54, 1.807) is 46.8 Å². The van der Waals surface area contributed by atoms with Crippen molar-refractivity contribution in [3.05, 3.63) is 33.9 Å². The van der Waals surface area contributed by atoms with Crippen LogP contribution in [0.1, 0.15) is 33.3 Å². The Bertz CT molecular complexity index is 605. The van der Waals surface area contributed by atoms with E-state index in [9.17, 15) is 19.7 Å². The van der Waals surface area contributed by atoms with Gasteiger partial charge in [0.1, 0.15) is 6.04 Å². The Morgan fingerprint density at radius 1 is 1.27 bits per heavy atom. The van der Waals surface area contributed by atoms with Gasteiger partial charge in [0.2, 0.25) is 11.8 Å². The monoisotopic (exact) mass is 307 g/mol. The molecule has 1 aromatic rings. The molecule has 1 unspecified atom stereocenters. The summed E-state index contributed by atoms with van der Waals surface area (Å²) in [6.45, 7) is 8.42. The number of nitrogens with one attached hydrogen (secondary N) is 2. The van der Waals surface area contributed by atoms with Crippen LogP contribution in [0.4, 0.5) is 11.4 Å². The molecule has 120 valence electrons. The number of anilines is 1. The molecule has 0 saturated heterocycles. The van der Waals surface area contributed by atoms with Crippen molar-refractivity contribution < 1.29 is 14.5 Å². The fraction of sp³-hybridized carbons (Fsp3) is 0.467. The first kappa shape index (κ1) is 17.6. The van der Waals surface area contributed by atoms with E-state index in [4.69, 9.17) is 0 Å². The predicted octanol–water partition coefficient (Wildman–Crippen LogP) is 2.39. The summed E-state index contributed by atoms with van der Waals surface area (Å²) in [5, 5.41) is 16.1. The highest BCUT2D eigenvalue weighted by Gasteiger charge is 2.25. The van der Waals surface area contributed by atoms with Gasteiger partial charge in [-0.1, -0.05) is 26.8 Å². The maximum absolute atomic E-state index is 12.0. The number of nitro benzene ring substituents is 1. The molecule has 0 aliphatic heterocycles. The normalized spacial score (nSPS) is 12.4. The molecular formula is C15H21N3O4. The smallest absolute Gasteiger partial charge is 0.274 e. The zero-order chi connectivity index (χ0) is 17.1. The van der Waals surface area contributed by atoms with Gasteiger partial charge in [0.15, 0.2) is 0 Å². The SMILES string of the molecule is Cc1ccc(NC(=O)C(C)NC(=O)C(C)(C)C)cc1[N+](=O)[O-]. The lowest BCUT2D eigenvalue weighted by atomic mass is 9.95. The summed E-state index contributed by atoms with van der Waals surface area (Å²) in [6, 6.07) is 3.70. The number of nitro groups is 1. The first-order chi connectivity index (χ1) is 10.0. The van der Waals surface area contributed by atoms with Crippen LogP contribution >= 0.6 is 0 Å². The third kappa shape index (κ3) is 4.54. The zero-order valence-corrected chi connectivity index (χ0v) is 13.4. The second-order valence-corrected chi connectivity index (χ2v) is 6.19. The number of nitrogens with zero attached hydrogens (tertiary/aromatic N) is 1. The Balaban J connectivity index is 2.79. The van der Waals surface area contributed by atoms with Gasteiger partial charge in [-0.25, -0.2) is 0 Å². The largest absolute Gasteiger partial charge is 0.344 e. The first-order valence-corrected chi connectivity index (χ1v) is 6.89. The average Bonchev–Trinajstić information content (AvgIpc) is 2.39. The summed E-state index contributed by atoms with van der Waals surface area (Å²) in [5.41, 5.74) is 0.164. The van der Waals surface area contributed by atoms with Gasteiger partial charge in [-0.2, -0.15) is 0 Å². The number of hydrogen-bond acceptors (Lipinski definition) is 4. The topological polar surface area (TPSA) is 101 Å². The van der Waals surface area contributed by atoms with Crippen molar-refractivity contribution in [2.75, 3.05) is 5.32 Å². The van der Waals surface area contributed by atoms with Crippen LogP contribution in [0, 0.1) is 22.5 Å². The van der Waals surface area contributed by atoms with Crippen molar-refractivity contribution in [2.45, 2.75) is 40.7 Å². The molecule has 0 bridgehead atoms. The number of aryl methyl sites for hydroxylation is 1. The van der Waals surface area contributed by atoms with E-state index in [1.807, 2.05) is 0 Å². The maximum atomic E-state index is 12.0. The van der Waals surface area contributed by atoms with Crippen LogP contribution in [0.25, 0.3) is 0 Å². The minimum Gasteiger partial charge on any atom is -0.344 e. The number of carbonyl (C=O) groups excluding carboxylic acids is 2. The quantitative estimate of drug-likeness (QED) is 0.658. The Morgan fingerprint density at radius 3 is 2.36 bits per heavy atom. The van der Waals surface area contributed by atoms with Gasteiger partial charge in [0.05, 0.1) is 4.92 Å². The van der Waals surface area contributed by atoms with E-state index in [-0.39, 0.29) is 11.6 Å². The molecule has 0 radical (unpaired) electrons. The minimum absolute atomic E-state index is 0.0656. The van der Waals surface area contributed by atoms with Crippen LogP contribution in [0.5, 0.6) is 0 Å². The van der Waals surface area contributed by atoms with Gasteiger partial charge in [-0.3, -0.25) is 19.7 Å². The molecule has 2 N–H and O–H groups in total. The molecule has 1 rings (SSSR count). The van der Waals surface area contributed by atoms with E-state index in [1.165, 1.54) is 6.07 Å². The van der Waals surface area contributed by atoms with Crippen LogP contribution in [0.2, 0.25) is 0 Å². The van der Waals surface area contributed by atoms with Crippen LogP contribution in [0.3, 0.4) is 0 Å². The van der Waals surface area contributed by atoms with E-state index in [0.717, 1.165) is 0 Å². The fourth-order valence-corrected chi connectivity index (χ4v) is 1.61. The Hall–Kier alpha value is -2.44.